The highest BCUT2D eigenvalue weighted by atomic mass is 19.2. The summed E-state index contributed by atoms with van der Waals surface area (Å²) in [7, 11) is 0. The first kappa shape index (κ1) is 17.6. The van der Waals surface area contributed by atoms with Crippen LogP contribution in [-0.4, -0.2) is 36.8 Å². The number of ether oxygens (including phenoxy) is 1. The van der Waals surface area contributed by atoms with Gasteiger partial charge in [0.05, 0.1) is 6.20 Å². The summed E-state index contributed by atoms with van der Waals surface area (Å²) in [4.78, 5) is 6.13. The molecule has 134 valence electrons. The molecule has 1 aliphatic heterocycles. The zero-order valence-electron chi connectivity index (χ0n) is 14.3. The molecule has 1 N–H and O–H groups in total. The van der Waals surface area contributed by atoms with Crippen molar-refractivity contribution in [3.8, 4) is 5.75 Å². The van der Waals surface area contributed by atoms with Crippen molar-refractivity contribution in [3.63, 3.8) is 0 Å². The number of benzene rings is 1. The van der Waals surface area contributed by atoms with Gasteiger partial charge in [0.2, 0.25) is 0 Å². The van der Waals surface area contributed by atoms with Gasteiger partial charge in [-0.2, -0.15) is 0 Å². The van der Waals surface area contributed by atoms with Crippen molar-refractivity contribution in [2.24, 2.45) is 0 Å². The molecule has 3 rings (SSSR count). The van der Waals surface area contributed by atoms with Crippen LogP contribution in [0, 0.1) is 11.6 Å². The second kappa shape index (κ2) is 8.25. The molecule has 25 heavy (non-hydrogen) atoms. The molecule has 4 nitrogen and oxygen atoms in total. The predicted octanol–water partition coefficient (Wildman–Crippen LogP) is 3.39. The summed E-state index contributed by atoms with van der Waals surface area (Å²) in [5.74, 6) is -0.827. The Bertz CT molecular complexity index is 676. The van der Waals surface area contributed by atoms with Crippen LogP contribution in [0.4, 0.5) is 14.5 Å². The second-order valence-corrected chi connectivity index (χ2v) is 6.39. The maximum absolute atomic E-state index is 13.4. The topological polar surface area (TPSA) is 37.4 Å². The quantitative estimate of drug-likeness (QED) is 0.869. The van der Waals surface area contributed by atoms with E-state index in [1.165, 1.54) is 12.1 Å². The molecule has 1 aliphatic rings. The largest absolute Gasteiger partial charge is 0.488 e. The van der Waals surface area contributed by atoms with Gasteiger partial charge in [0.25, 0.3) is 0 Å². The Hall–Kier alpha value is -2.21. The minimum absolute atomic E-state index is 0.0495. The van der Waals surface area contributed by atoms with Crippen molar-refractivity contribution in [3.05, 3.63) is 54.4 Å². The summed E-state index contributed by atoms with van der Waals surface area (Å²) in [5.41, 5.74) is 0.741. The molecule has 1 atom stereocenters. The zero-order valence-corrected chi connectivity index (χ0v) is 14.3. The van der Waals surface area contributed by atoms with Gasteiger partial charge in [-0.15, -0.1) is 0 Å². The third kappa shape index (κ3) is 4.89. The van der Waals surface area contributed by atoms with Crippen molar-refractivity contribution in [2.75, 3.05) is 24.5 Å². The number of rotatable bonds is 6. The number of hydrogen-bond donors (Lipinski definition) is 1. The third-order valence-corrected chi connectivity index (χ3v) is 4.43. The van der Waals surface area contributed by atoms with Crippen LogP contribution < -0.4 is 15.0 Å². The Morgan fingerprint density at radius 1 is 1.24 bits per heavy atom. The molecule has 6 heteroatoms. The first-order chi connectivity index (χ1) is 12.1. The van der Waals surface area contributed by atoms with Gasteiger partial charge in [0.15, 0.2) is 11.6 Å². The summed E-state index contributed by atoms with van der Waals surface area (Å²) in [5, 5.41) is 3.53. The fraction of sp³-hybridized carbons (Fsp3) is 0.421. The van der Waals surface area contributed by atoms with Gasteiger partial charge < -0.3 is 15.0 Å². The highest BCUT2D eigenvalue weighted by molar-refractivity contribution is 5.47. The summed E-state index contributed by atoms with van der Waals surface area (Å²) in [6.45, 7) is 4.42. The Kier molecular flexibility index (Phi) is 5.81. The Labute approximate surface area is 146 Å². The van der Waals surface area contributed by atoms with Crippen molar-refractivity contribution in [1.29, 1.82) is 0 Å². The van der Waals surface area contributed by atoms with Crippen LogP contribution in [0.1, 0.15) is 19.8 Å². The number of aromatic nitrogens is 1. The molecule has 0 radical (unpaired) electrons. The van der Waals surface area contributed by atoms with E-state index >= 15 is 0 Å². The smallest absolute Gasteiger partial charge is 0.160 e. The van der Waals surface area contributed by atoms with Crippen LogP contribution in [0.5, 0.6) is 5.75 Å². The van der Waals surface area contributed by atoms with Crippen LogP contribution in [0.2, 0.25) is 0 Å². The van der Waals surface area contributed by atoms with Crippen molar-refractivity contribution in [1.82, 2.24) is 10.3 Å². The molecule has 0 saturated carbocycles. The fourth-order valence-electron chi connectivity index (χ4n) is 3.05. The third-order valence-electron chi connectivity index (χ3n) is 4.43. The van der Waals surface area contributed by atoms with Crippen LogP contribution in [0.25, 0.3) is 0 Å². The second-order valence-electron chi connectivity index (χ2n) is 6.39. The summed E-state index contributed by atoms with van der Waals surface area (Å²) >= 11 is 0. The van der Waals surface area contributed by atoms with Gasteiger partial charge in [-0.1, -0.05) is 0 Å². The van der Waals surface area contributed by atoms with E-state index in [0.29, 0.717) is 6.04 Å². The lowest BCUT2D eigenvalue weighted by Gasteiger charge is -2.34. The molecule has 0 unspecified atom stereocenters. The van der Waals surface area contributed by atoms with Gasteiger partial charge in [-0.05, 0) is 44.0 Å². The zero-order chi connectivity index (χ0) is 17.6. The van der Waals surface area contributed by atoms with Crippen LogP contribution in [0.15, 0.2) is 42.7 Å². The Morgan fingerprint density at radius 2 is 2.04 bits per heavy atom. The van der Waals surface area contributed by atoms with Gasteiger partial charge in [0, 0.05) is 43.6 Å². The molecule has 1 aromatic heterocycles. The molecular weight excluding hydrogens is 324 g/mol. The molecule has 1 saturated heterocycles. The SMILES string of the molecule is C[C@@H](CNC1CCN(c2ccc(F)c(F)c2)CC1)Oc1cccnc1. The van der Waals surface area contributed by atoms with E-state index in [4.69, 9.17) is 4.74 Å². The summed E-state index contributed by atoms with van der Waals surface area (Å²) < 4.78 is 32.2. The summed E-state index contributed by atoms with van der Waals surface area (Å²) in [6.07, 6.45) is 5.39. The maximum atomic E-state index is 13.4. The number of nitrogens with zero attached hydrogens (tertiary/aromatic N) is 2. The summed E-state index contributed by atoms with van der Waals surface area (Å²) in [6, 6.07) is 8.24. The van der Waals surface area contributed by atoms with Gasteiger partial charge in [0.1, 0.15) is 11.9 Å². The van der Waals surface area contributed by atoms with Crippen LogP contribution >= 0.6 is 0 Å². The number of nitrogens with one attached hydrogen (secondary N) is 1. The Balaban J connectivity index is 1.42. The van der Waals surface area contributed by atoms with Crippen molar-refractivity contribution < 1.29 is 13.5 Å². The van der Waals surface area contributed by atoms with E-state index < -0.39 is 11.6 Å². The Morgan fingerprint density at radius 3 is 2.72 bits per heavy atom. The number of piperidine rings is 1. The standard InChI is InChI=1S/C19H23F2N3O/c1-14(25-17-3-2-8-22-13-17)12-23-15-6-9-24(10-7-15)16-4-5-18(20)19(21)11-16/h2-5,8,11,13-15,23H,6-7,9-10,12H2,1H3/t14-/m0/s1. The molecule has 0 aliphatic carbocycles. The van der Waals surface area contributed by atoms with E-state index in [-0.39, 0.29) is 6.10 Å². The monoisotopic (exact) mass is 347 g/mol. The van der Waals surface area contributed by atoms with E-state index in [0.717, 1.165) is 43.9 Å². The van der Waals surface area contributed by atoms with E-state index in [1.807, 2.05) is 19.1 Å². The minimum atomic E-state index is -0.803. The molecule has 2 heterocycles. The number of pyridine rings is 1. The van der Waals surface area contributed by atoms with Gasteiger partial charge in [-0.25, -0.2) is 8.78 Å². The van der Waals surface area contributed by atoms with Crippen LogP contribution in [-0.2, 0) is 0 Å². The molecule has 1 aromatic carbocycles. The highest BCUT2D eigenvalue weighted by Crippen LogP contribution is 2.22. The number of halogens is 2. The molecule has 0 spiro atoms. The average molecular weight is 347 g/mol. The number of hydrogen-bond acceptors (Lipinski definition) is 4. The van der Waals surface area contributed by atoms with Crippen molar-refractivity contribution >= 4 is 5.69 Å². The van der Waals surface area contributed by atoms with E-state index in [9.17, 15) is 8.78 Å². The van der Waals surface area contributed by atoms with Gasteiger partial charge in [-0.3, -0.25) is 4.98 Å². The molecule has 2 aromatic rings. The molecular formula is C19H23F2N3O. The normalized spacial score (nSPS) is 16.7. The van der Waals surface area contributed by atoms with E-state index in [2.05, 4.69) is 15.2 Å². The first-order valence-corrected chi connectivity index (χ1v) is 8.62. The van der Waals surface area contributed by atoms with Gasteiger partial charge >= 0.3 is 0 Å². The molecule has 0 bridgehead atoms. The minimum Gasteiger partial charge on any atom is -0.488 e. The molecule has 0 amide bonds. The lowest BCUT2D eigenvalue weighted by Crippen LogP contribution is -2.45. The first-order valence-electron chi connectivity index (χ1n) is 8.62. The predicted molar refractivity (Wildman–Crippen MR) is 93.9 cm³/mol. The highest BCUT2D eigenvalue weighted by Gasteiger charge is 2.20. The lowest BCUT2D eigenvalue weighted by atomic mass is 10.0. The molecule has 1 fully saturated rings. The lowest BCUT2D eigenvalue weighted by molar-refractivity contribution is 0.207. The average Bonchev–Trinajstić information content (AvgIpc) is 2.64. The maximum Gasteiger partial charge on any atom is 0.160 e. The van der Waals surface area contributed by atoms with E-state index in [1.54, 1.807) is 18.5 Å². The van der Waals surface area contributed by atoms with Crippen molar-refractivity contribution in [2.45, 2.75) is 31.9 Å². The fourth-order valence-corrected chi connectivity index (χ4v) is 3.05. The van der Waals surface area contributed by atoms with Crippen LogP contribution in [0.3, 0.4) is 0 Å². The number of anilines is 1.